The van der Waals surface area contributed by atoms with Gasteiger partial charge in [-0.15, -0.1) is 0 Å². The monoisotopic (exact) mass is 793 g/mol. The second-order valence-corrected chi connectivity index (χ2v) is 18.1. The molecule has 1 aromatic heterocycles. The third-order valence-electron chi connectivity index (χ3n) is 14.6. The molecule has 0 aliphatic heterocycles. The molecule has 9 aromatic carbocycles. The Bertz CT molecular complexity index is 3550. The standard InChI is InChI=1S/C60H43NO/c1-36-15-5-6-16-41(36)47-31-38(26-25-37(47)2)61(40-27-29-45-42-17-7-11-21-51(42)59(3,4)55(45)33-40)39-28-30-54-48(32-39)43-18-8-12-22-52(43)60(54)53-23-13-9-19-44(53)49-35-58-50(34-56(49)60)46-20-10-14-24-57(46)62-58/h5-35H,1-4H3. The maximum absolute atomic E-state index is 6.51. The van der Waals surface area contributed by atoms with E-state index in [1.165, 1.54) is 89.0 Å². The van der Waals surface area contributed by atoms with E-state index < -0.39 is 5.41 Å². The maximum Gasteiger partial charge on any atom is 0.136 e. The summed E-state index contributed by atoms with van der Waals surface area (Å²) in [6.07, 6.45) is 0. The van der Waals surface area contributed by atoms with Crippen LogP contribution in [0.1, 0.15) is 58.4 Å². The highest BCUT2D eigenvalue weighted by atomic mass is 16.3. The number of para-hydroxylation sites is 1. The van der Waals surface area contributed by atoms with Gasteiger partial charge in [0.2, 0.25) is 0 Å². The Kier molecular flexibility index (Phi) is 7.16. The number of anilines is 3. The van der Waals surface area contributed by atoms with Crippen LogP contribution in [0.3, 0.4) is 0 Å². The summed E-state index contributed by atoms with van der Waals surface area (Å²) in [5, 5.41) is 2.31. The number of hydrogen-bond acceptors (Lipinski definition) is 2. The topological polar surface area (TPSA) is 16.4 Å². The van der Waals surface area contributed by atoms with Crippen molar-refractivity contribution < 1.29 is 4.42 Å². The number of hydrogen-bond donors (Lipinski definition) is 0. The molecule has 10 aromatic rings. The van der Waals surface area contributed by atoms with Gasteiger partial charge in [-0.3, -0.25) is 0 Å². The van der Waals surface area contributed by atoms with E-state index >= 15 is 0 Å². The third kappa shape index (κ3) is 4.59. The first kappa shape index (κ1) is 35.3. The van der Waals surface area contributed by atoms with Crippen molar-refractivity contribution in [3.63, 3.8) is 0 Å². The van der Waals surface area contributed by atoms with Crippen molar-refractivity contribution in [1.29, 1.82) is 0 Å². The fourth-order valence-electron chi connectivity index (χ4n) is 11.7. The molecule has 62 heavy (non-hydrogen) atoms. The van der Waals surface area contributed by atoms with Gasteiger partial charge in [0.05, 0.1) is 5.41 Å². The zero-order chi connectivity index (χ0) is 41.5. The molecule has 0 amide bonds. The first-order chi connectivity index (χ1) is 30.3. The molecule has 294 valence electrons. The van der Waals surface area contributed by atoms with Crippen LogP contribution < -0.4 is 4.90 Å². The van der Waals surface area contributed by atoms with Crippen molar-refractivity contribution in [2.24, 2.45) is 0 Å². The van der Waals surface area contributed by atoms with Crippen LogP contribution in [0.2, 0.25) is 0 Å². The molecule has 1 spiro atoms. The van der Waals surface area contributed by atoms with Crippen molar-refractivity contribution >= 4 is 39.0 Å². The molecule has 0 bridgehead atoms. The lowest BCUT2D eigenvalue weighted by molar-refractivity contribution is 0.660. The fraction of sp³-hybridized carbons (Fsp3) is 0.100. The first-order valence-corrected chi connectivity index (χ1v) is 21.8. The quantitative estimate of drug-likeness (QED) is 0.176. The van der Waals surface area contributed by atoms with Gasteiger partial charge in [0, 0.05) is 33.2 Å². The molecule has 0 fully saturated rings. The van der Waals surface area contributed by atoms with Crippen molar-refractivity contribution in [3.05, 3.63) is 233 Å². The van der Waals surface area contributed by atoms with Crippen LogP contribution in [0.4, 0.5) is 17.1 Å². The molecule has 2 heteroatoms. The van der Waals surface area contributed by atoms with Gasteiger partial charge in [-0.25, -0.2) is 0 Å². The van der Waals surface area contributed by atoms with Crippen LogP contribution in [0.25, 0.3) is 66.4 Å². The van der Waals surface area contributed by atoms with Crippen molar-refractivity contribution in [2.45, 2.75) is 38.5 Å². The Balaban J connectivity index is 1.06. The van der Waals surface area contributed by atoms with Crippen molar-refractivity contribution in [1.82, 2.24) is 0 Å². The molecule has 3 aliphatic rings. The van der Waals surface area contributed by atoms with Crippen LogP contribution in [0.15, 0.2) is 192 Å². The van der Waals surface area contributed by atoms with Crippen LogP contribution in [0.5, 0.6) is 0 Å². The molecular formula is C60H43NO. The Labute approximate surface area is 362 Å². The molecule has 1 unspecified atom stereocenters. The van der Waals surface area contributed by atoms with E-state index in [-0.39, 0.29) is 5.41 Å². The lowest BCUT2D eigenvalue weighted by atomic mass is 9.70. The zero-order valence-corrected chi connectivity index (χ0v) is 35.3. The van der Waals surface area contributed by atoms with Gasteiger partial charge in [0.1, 0.15) is 11.2 Å². The number of aryl methyl sites for hydroxylation is 2. The highest BCUT2D eigenvalue weighted by molar-refractivity contribution is 6.09. The smallest absolute Gasteiger partial charge is 0.136 e. The van der Waals surface area contributed by atoms with Gasteiger partial charge in [0.15, 0.2) is 0 Å². The zero-order valence-electron chi connectivity index (χ0n) is 35.3. The largest absolute Gasteiger partial charge is 0.456 e. The molecule has 1 heterocycles. The van der Waals surface area contributed by atoms with E-state index in [2.05, 4.69) is 221 Å². The maximum atomic E-state index is 6.51. The molecule has 13 rings (SSSR count). The molecule has 0 radical (unpaired) electrons. The van der Waals surface area contributed by atoms with E-state index in [4.69, 9.17) is 4.42 Å². The highest BCUT2D eigenvalue weighted by Crippen LogP contribution is 2.64. The first-order valence-electron chi connectivity index (χ1n) is 21.8. The summed E-state index contributed by atoms with van der Waals surface area (Å²) in [6.45, 7) is 9.19. The summed E-state index contributed by atoms with van der Waals surface area (Å²) in [6, 6.07) is 70.4. The van der Waals surface area contributed by atoms with E-state index in [0.717, 1.165) is 39.0 Å². The van der Waals surface area contributed by atoms with Crippen LogP contribution in [-0.2, 0) is 10.8 Å². The SMILES string of the molecule is Cc1ccccc1-c1cc(N(c2ccc3c(c2)-c2ccccc2C32c3ccccc3-c3cc4oc5ccccc5c4cc32)c2ccc3c(c2)C(C)(C)c2ccccc2-3)ccc1C. The summed E-state index contributed by atoms with van der Waals surface area (Å²) in [5.41, 5.74) is 25.4. The molecule has 0 saturated carbocycles. The second kappa shape index (κ2) is 12.6. The normalized spacial score (nSPS) is 15.9. The Hall–Kier alpha value is -7.42. The average Bonchev–Trinajstić information content (AvgIpc) is 3.98. The van der Waals surface area contributed by atoms with Crippen molar-refractivity contribution in [3.8, 4) is 44.5 Å². The molecule has 1 atom stereocenters. The van der Waals surface area contributed by atoms with Crippen LogP contribution in [-0.4, -0.2) is 0 Å². The van der Waals surface area contributed by atoms with Gasteiger partial charge < -0.3 is 9.32 Å². The number of nitrogens with zero attached hydrogens (tertiary/aromatic N) is 1. The summed E-state index contributed by atoms with van der Waals surface area (Å²) >= 11 is 0. The molecule has 2 nitrogen and oxygen atoms in total. The van der Waals surface area contributed by atoms with Gasteiger partial charge in [-0.05, 0) is 157 Å². The van der Waals surface area contributed by atoms with Gasteiger partial charge >= 0.3 is 0 Å². The predicted molar refractivity (Wildman–Crippen MR) is 257 cm³/mol. The van der Waals surface area contributed by atoms with E-state index in [1.54, 1.807) is 0 Å². The summed E-state index contributed by atoms with van der Waals surface area (Å²) < 4.78 is 6.51. The van der Waals surface area contributed by atoms with Crippen molar-refractivity contribution in [2.75, 3.05) is 4.90 Å². The van der Waals surface area contributed by atoms with Gasteiger partial charge in [-0.2, -0.15) is 0 Å². The van der Waals surface area contributed by atoms with Gasteiger partial charge in [0.25, 0.3) is 0 Å². The third-order valence-corrected chi connectivity index (χ3v) is 14.6. The molecule has 0 saturated heterocycles. The second-order valence-electron chi connectivity index (χ2n) is 18.1. The lowest BCUT2D eigenvalue weighted by Crippen LogP contribution is -2.25. The number of fused-ring (bicyclic) bond motifs is 16. The van der Waals surface area contributed by atoms with Crippen LogP contribution >= 0.6 is 0 Å². The average molecular weight is 794 g/mol. The van der Waals surface area contributed by atoms with E-state index in [9.17, 15) is 0 Å². The minimum absolute atomic E-state index is 0.133. The van der Waals surface area contributed by atoms with E-state index in [1.807, 2.05) is 0 Å². The summed E-state index contributed by atoms with van der Waals surface area (Å²) in [5.74, 6) is 0. The Morgan fingerprint density at radius 3 is 1.60 bits per heavy atom. The van der Waals surface area contributed by atoms with Crippen LogP contribution in [0, 0.1) is 13.8 Å². The summed E-state index contributed by atoms with van der Waals surface area (Å²) in [7, 11) is 0. The highest BCUT2D eigenvalue weighted by Gasteiger charge is 2.52. The number of furan rings is 1. The lowest BCUT2D eigenvalue weighted by Gasteiger charge is -2.32. The molecule has 3 aliphatic carbocycles. The van der Waals surface area contributed by atoms with Gasteiger partial charge in [-0.1, -0.05) is 147 Å². The predicted octanol–water partition coefficient (Wildman–Crippen LogP) is 16.0. The summed E-state index contributed by atoms with van der Waals surface area (Å²) in [4.78, 5) is 2.49. The Morgan fingerprint density at radius 2 is 0.855 bits per heavy atom. The number of rotatable bonds is 4. The fourth-order valence-corrected chi connectivity index (χ4v) is 11.7. The Morgan fingerprint density at radius 1 is 0.339 bits per heavy atom. The number of benzene rings is 9. The molecular weight excluding hydrogens is 751 g/mol. The minimum Gasteiger partial charge on any atom is -0.456 e. The van der Waals surface area contributed by atoms with E-state index in [0.29, 0.717) is 0 Å². The minimum atomic E-state index is -0.487. The molecule has 0 N–H and O–H groups in total.